The Hall–Kier alpha value is -0.800. The van der Waals surface area contributed by atoms with Crippen LogP contribution in [-0.4, -0.2) is 12.0 Å². The van der Waals surface area contributed by atoms with Gasteiger partial charge in [-0.2, -0.15) is 0 Å². The summed E-state index contributed by atoms with van der Waals surface area (Å²) in [5.74, 6) is 0.828. The molecule has 0 aliphatic rings. The fourth-order valence-electron chi connectivity index (χ4n) is 2.45. The summed E-state index contributed by atoms with van der Waals surface area (Å²) in [6.07, 6.45) is 0. The van der Waals surface area contributed by atoms with E-state index in [4.69, 9.17) is 11.6 Å². The molecule has 2 aromatic rings. The van der Waals surface area contributed by atoms with Crippen molar-refractivity contribution in [3.8, 4) is 0 Å². The van der Waals surface area contributed by atoms with Gasteiger partial charge in [-0.3, -0.25) is 0 Å². The van der Waals surface area contributed by atoms with Gasteiger partial charge in [-0.25, -0.2) is 4.98 Å². The van der Waals surface area contributed by atoms with Crippen LogP contribution in [0.1, 0.15) is 50.7 Å². The zero-order chi connectivity index (χ0) is 13.4. The highest BCUT2D eigenvalue weighted by molar-refractivity contribution is 7.17. The smallest absolute Gasteiger partial charge is 0.100 e. The predicted octanol–water partition coefficient (Wildman–Crippen LogP) is 5.24. The van der Waals surface area contributed by atoms with Crippen LogP contribution in [0, 0.1) is 0 Å². The van der Waals surface area contributed by atoms with Crippen molar-refractivity contribution < 1.29 is 0 Å². The molecule has 2 nitrogen and oxygen atoms in total. The van der Waals surface area contributed by atoms with Gasteiger partial charge >= 0.3 is 0 Å². The average molecular weight is 283 g/mol. The summed E-state index contributed by atoms with van der Waals surface area (Å²) in [4.78, 5) is 4.44. The van der Waals surface area contributed by atoms with E-state index in [0.717, 1.165) is 10.5 Å². The van der Waals surface area contributed by atoms with Crippen LogP contribution in [-0.2, 0) is 0 Å². The van der Waals surface area contributed by atoms with E-state index in [2.05, 4.69) is 38.0 Å². The van der Waals surface area contributed by atoms with E-state index in [9.17, 15) is 0 Å². The second-order valence-electron chi connectivity index (χ2n) is 5.11. The van der Waals surface area contributed by atoms with Gasteiger partial charge in [-0.05, 0) is 23.0 Å². The van der Waals surface area contributed by atoms with E-state index in [1.807, 2.05) is 12.6 Å². The van der Waals surface area contributed by atoms with E-state index in [1.54, 1.807) is 11.3 Å². The van der Waals surface area contributed by atoms with E-state index >= 15 is 0 Å². The third kappa shape index (κ3) is 1.99. The van der Waals surface area contributed by atoms with Crippen LogP contribution < -0.4 is 5.32 Å². The second kappa shape index (κ2) is 5.06. The van der Waals surface area contributed by atoms with Crippen LogP contribution >= 0.6 is 22.9 Å². The van der Waals surface area contributed by atoms with Crippen molar-refractivity contribution in [3.05, 3.63) is 21.7 Å². The van der Waals surface area contributed by atoms with E-state index < -0.39 is 0 Å². The maximum Gasteiger partial charge on any atom is 0.100 e. The summed E-state index contributed by atoms with van der Waals surface area (Å²) in [6, 6.07) is 0. The molecule has 0 bridgehead atoms. The van der Waals surface area contributed by atoms with Crippen LogP contribution in [0.2, 0.25) is 5.02 Å². The first-order chi connectivity index (χ1) is 8.49. The van der Waals surface area contributed by atoms with Crippen molar-refractivity contribution in [2.75, 3.05) is 12.4 Å². The van der Waals surface area contributed by atoms with Crippen LogP contribution in [0.3, 0.4) is 0 Å². The fourth-order valence-corrected chi connectivity index (χ4v) is 3.96. The summed E-state index contributed by atoms with van der Waals surface area (Å²) in [6.45, 7) is 8.77. The number of nitrogens with zero attached hydrogens (tertiary/aromatic N) is 1. The molecule has 2 rings (SSSR count). The Labute approximate surface area is 117 Å². The lowest BCUT2D eigenvalue weighted by atomic mass is 9.92. The van der Waals surface area contributed by atoms with Crippen LogP contribution in [0.4, 0.5) is 5.69 Å². The third-order valence-corrected chi connectivity index (χ3v) is 4.44. The zero-order valence-electron chi connectivity index (χ0n) is 11.5. The molecule has 0 spiro atoms. The molecule has 1 aromatic heterocycles. The van der Waals surface area contributed by atoms with Crippen molar-refractivity contribution in [2.45, 2.75) is 39.5 Å². The first-order valence-electron chi connectivity index (χ1n) is 6.25. The Kier molecular flexibility index (Phi) is 3.83. The molecule has 98 valence electrons. The van der Waals surface area contributed by atoms with Crippen LogP contribution in [0.5, 0.6) is 0 Å². The van der Waals surface area contributed by atoms with E-state index in [1.165, 1.54) is 21.5 Å². The van der Waals surface area contributed by atoms with Crippen molar-refractivity contribution in [2.24, 2.45) is 0 Å². The molecule has 18 heavy (non-hydrogen) atoms. The lowest BCUT2D eigenvalue weighted by Crippen LogP contribution is -2.05. The molecular formula is C14H19ClN2S. The molecule has 0 fully saturated rings. The minimum absolute atomic E-state index is 0.378. The largest absolute Gasteiger partial charge is 0.388 e. The van der Waals surface area contributed by atoms with Crippen molar-refractivity contribution in [1.82, 2.24) is 4.98 Å². The number of anilines is 1. The van der Waals surface area contributed by atoms with Gasteiger partial charge in [0.1, 0.15) is 5.52 Å². The van der Waals surface area contributed by atoms with Gasteiger partial charge in [-0.15, -0.1) is 11.3 Å². The minimum atomic E-state index is 0.378. The van der Waals surface area contributed by atoms with E-state index in [-0.39, 0.29) is 0 Å². The Balaban J connectivity index is 2.94. The number of thiazole rings is 1. The Bertz CT molecular complexity index is 573. The lowest BCUT2D eigenvalue weighted by Gasteiger charge is -2.21. The standard InChI is InChI=1S/C14H19ClN2S/c1-7(2)9-11(15)13-14(18-6-17-13)10(8(3)4)12(9)16-5/h6-8,16H,1-5H3. The van der Waals surface area contributed by atoms with Gasteiger partial charge in [0, 0.05) is 12.7 Å². The van der Waals surface area contributed by atoms with Gasteiger partial charge in [-0.1, -0.05) is 39.3 Å². The predicted molar refractivity (Wildman–Crippen MR) is 82.4 cm³/mol. The Morgan fingerprint density at radius 1 is 1.17 bits per heavy atom. The number of hydrogen-bond acceptors (Lipinski definition) is 3. The molecule has 0 amide bonds. The highest BCUT2D eigenvalue weighted by Crippen LogP contribution is 2.44. The van der Waals surface area contributed by atoms with Crippen molar-refractivity contribution >= 4 is 38.8 Å². The highest BCUT2D eigenvalue weighted by atomic mass is 35.5. The number of fused-ring (bicyclic) bond motifs is 1. The van der Waals surface area contributed by atoms with Gasteiger partial charge in [0.25, 0.3) is 0 Å². The molecule has 1 N–H and O–H groups in total. The summed E-state index contributed by atoms with van der Waals surface area (Å²) in [5.41, 5.74) is 6.53. The van der Waals surface area contributed by atoms with Crippen molar-refractivity contribution in [3.63, 3.8) is 0 Å². The molecule has 0 aliphatic heterocycles. The van der Waals surface area contributed by atoms with Gasteiger partial charge in [0.05, 0.1) is 15.2 Å². The first kappa shape index (κ1) is 13.6. The number of aromatic nitrogens is 1. The monoisotopic (exact) mass is 282 g/mol. The number of hydrogen-bond donors (Lipinski definition) is 1. The van der Waals surface area contributed by atoms with Crippen LogP contribution in [0.15, 0.2) is 5.51 Å². The fraction of sp³-hybridized carbons (Fsp3) is 0.500. The van der Waals surface area contributed by atoms with Gasteiger partial charge in [0.15, 0.2) is 0 Å². The summed E-state index contributed by atoms with van der Waals surface area (Å²) in [5, 5.41) is 4.15. The third-order valence-electron chi connectivity index (χ3n) is 3.20. The number of benzene rings is 1. The molecule has 0 atom stereocenters. The molecule has 0 unspecified atom stereocenters. The number of rotatable bonds is 3. The van der Waals surface area contributed by atoms with Gasteiger partial charge < -0.3 is 5.32 Å². The lowest BCUT2D eigenvalue weighted by molar-refractivity contribution is 0.845. The molecular weight excluding hydrogens is 264 g/mol. The minimum Gasteiger partial charge on any atom is -0.388 e. The van der Waals surface area contributed by atoms with Crippen molar-refractivity contribution in [1.29, 1.82) is 0 Å². The molecule has 1 heterocycles. The molecule has 4 heteroatoms. The Morgan fingerprint density at radius 3 is 2.28 bits per heavy atom. The second-order valence-corrected chi connectivity index (χ2v) is 6.34. The Morgan fingerprint density at radius 2 is 1.78 bits per heavy atom. The zero-order valence-corrected chi connectivity index (χ0v) is 13.0. The normalized spacial score (nSPS) is 11.8. The highest BCUT2D eigenvalue weighted by Gasteiger charge is 2.22. The molecule has 0 saturated carbocycles. The van der Waals surface area contributed by atoms with E-state index in [0.29, 0.717) is 11.8 Å². The first-order valence-corrected chi connectivity index (χ1v) is 7.50. The summed E-state index contributed by atoms with van der Waals surface area (Å²) in [7, 11) is 1.97. The van der Waals surface area contributed by atoms with Crippen LogP contribution in [0.25, 0.3) is 10.2 Å². The summed E-state index contributed by atoms with van der Waals surface area (Å²) >= 11 is 8.21. The number of halogens is 1. The maximum absolute atomic E-state index is 6.54. The van der Waals surface area contributed by atoms with Gasteiger partial charge in [0.2, 0.25) is 0 Å². The molecule has 0 radical (unpaired) electrons. The molecule has 1 aromatic carbocycles. The number of nitrogens with one attached hydrogen (secondary N) is 1. The topological polar surface area (TPSA) is 24.9 Å². The summed E-state index contributed by atoms with van der Waals surface area (Å²) < 4.78 is 1.21. The average Bonchev–Trinajstić information content (AvgIpc) is 2.76. The SMILES string of the molecule is CNc1c(C(C)C)c(Cl)c2ncsc2c1C(C)C. The quantitative estimate of drug-likeness (QED) is 0.833. The maximum atomic E-state index is 6.54. The molecule has 0 aliphatic carbocycles. The molecule has 0 saturated heterocycles.